The Morgan fingerprint density at radius 1 is 1.27 bits per heavy atom. The lowest BCUT2D eigenvalue weighted by molar-refractivity contribution is 0.228. The van der Waals surface area contributed by atoms with E-state index in [-0.39, 0.29) is 5.75 Å². The van der Waals surface area contributed by atoms with Crippen LogP contribution in [0.1, 0.15) is 22.7 Å². The molecule has 4 heteroatoms. The maximum Gasteiger partial charge on any atom is 0.165 e. The Hall–Kier alpha value is -1.71. The van der Waals surface area contributed by atoms with Crippen molar-refractivity contribution in [2.75, 3.05) is 20.7 Å². The predicted octanol–water partition coefficient (Wildman–Crippen LogP) is 3.81. The van der Waals surface area contributed by atoms with E-state index in [1.54, 1.807) is 7.11 Å². The van der Waals surface area contributed by atoms with Gasteiger partial charge in [0.2, 0.25) is 0 Å². The van der Waals surface area contributed by atoms with E-state index in [4.69, 9.17) is 16.3 Å². The summed E-state index contributed by atoms with van der Waals surface area (Å²) >= 11 is 6.43. The monoisotopic (exact) mass is 315 g/mol. The third-order valence-corrected chi connectivity index (χ3v) is 5.36. The van der Waals surface area contributed by atoms with E-state index in [0.717, 1.165) is 41.1 Å². The van der Waals surface area contributed by atoms with Crippen molar-refractivity contribution in [2.45, 2.75) is 18.9 Å². The average Bonchev–Trinajstić information content (AvgIpc) is 2.52. The molecule has 0 fully saturated rings. The number of nitrogens with zero attached hydrogens (tertiary/aromatic N) is 1. The highest BCUT2D eigenvalue weighted by Gasteiger charge is 2.35. The molecule has 0 radical (unpaired) electrons. The molecule has 2 aromatic carbocycles. The third kappa shape index (κ3) is 1.79. The topological polar surface area (TPSA) is 32.7 Å². The molecule has 1 N–H and O–H groups in total. The second-order valence-corrected chi connectivity index (χ2v) is 6.50. The minimum atomic E-state index is 0.233. The number of ether oxygens (including phenoxy) is 1. The lowest BCUT2D eigenvalue weighted by Gasteiger charge is -2.40. The minimum absolute atomic E-state index is 0.233. The van der Waals surface area contributed by atoms with Crippen LogP contribution in [-0.4, -0.2) is 30.7 Å². The number of phenols is 1. The molecular formula is C18H18ClNO2. The number of rotatable bonds is 1. The van der Waals surface area contributed by atoms with E-state index < -0.39 is 0 Å². The van der Waals surface area contributed by atoms with Crippen LogP contribution < -0.4 is 4.74 Å². The first-order valence-electron chi connectivity index (χ1n) is 7.52. The van der Waals surface area contributed by atoms with Gasteiger partial charge in [-0.25, -0.2) is 0 Å². The highest BCUT2D eigenvalue weighted by atomic mass is 35.5. The standard InChI is InChI=1S/C18H18ClNO2/c1-20-8-7-11-13(19)5-4-12-16-10(9-14(20)17(11)12)3-6-15(22-2)18(16)21/h3-6,14,21H,7-9H2,1-2H3/t14-/m1/s1. The summed E-state index contributed by atoms with van der Waals surface area (Å²) < 4.78 is 5.28. The maximum atomic E-state index is 10.6. The third-order valence-electron chi connectivity index (χ3n) is 5.01. The Labute approximate surface area is 135 Å². The summed E-state index contributed by atoms with van der Waals surface area (Å²) in [6.45, 7) is 1.01. The van der Waals surface area contributed by atoms with Gasteiger partial charge in [-0.15, -0.1) is 0 Å². The molecule has 1 heterocycles. The van der Waals surface area contributed by atoms with Crippen molar-refractivity contribution in [2.24, 2.45) is 0 Å². The summed E-state index contributed by atoms with van der Waals surface area (Å²) in [5.74, 6) is 0.751. The molecule has 0 amide bonds. The summed E-state index contributed by atoms with van der Waals surface area (Å²) in [4.78, 5) is 2.38. The zero-order valence-electron chi connectivity index (χ0n) is 12.7. The molecular weight excluding hydrogens is 298 g/mol. The van der Waals surface area contributed by atoms with Crippen LogP contribution in [0.25, 0.3) is 11.1 Å². The van der Waals surface area contributed by atoms with Gasteiger partial charge in [0.05, 0.1) is 7.11 Å². The van der Waals surface area contributed by atoms with E-state index in [1.807, 2.05) is 18.2 Å². The molecule has 0 saturated heterocycles. The number of phenolic OH excluding ortho intramolecular Hbond substituents is 1. The van der Waals surface area contributed by atoms with Crippen molar-refractivity contribution in [3.05, 3.63) is 46.0 Å². The largest absolute Gasteiger partial charge is 0.504 e. The molecule has 22 heavy (non-hydrogen) atoms. The van der Waals surface area contributed by atoms with Gasteiger partial charge in [-0.1, -0.05) is 23.7 Å². The molecule has 0 spiro atoms. The fourth-order valence-electron chi connectivity index (χ4n) is 3.87. The van der Waals surface area contributed by atoms with Gasteiger partial charge in [0.1, 0.15) is 0 Å². The molecule has 0 saturated carbocycles. The van der Waals surface area contributed by atoms with Crippen molar-refractivity contribution >= 4 is 11.6 Å². The number of halogens is 1. The fourth-order valence-corrected chi connectivity index (χ4v) is 4.13. The predicted molar refractivity (Wildman–Crippen MR) is 87.9 cm³/mol. The highest BCUT2D eigenvalue weighted by Crippen LogP contribution is 2.51. The van der Waals surface area contributed by atoms with E-state index in [2.05, 4.69) is 18.0 Å². The number of methoxy groups -OCH3 is 1. The van der Waals surface area contributed by atoms with Crippen molar-refractivity contribution in [3.63, 3.8) is 0 Å². The second kappa shape index (κ2) is 4.90. The van der Waals surface area contributed by atoms with E-state index in [9.17, 15) is 5.11 Å². The number of hydrogen-bond acceptors (Lipinski definition) is 3. The normalized spacial score (nSPS) is 19.5. The number of likely N-dealkylation sites (N-methyl/N-ethyl adjacent to an activating group) is 1. The van der Waals surface area contributed by atoms with Gasteiger partial charge in [-0.3, -0.25) is 4.90 Å². The van der Waals surface area contributed by atoms with Crippen LogP contribution in [-0.2, 0) is 12.8 Å². The van der Waals surface area contributed by atoms with Crippen LogP contribution in [0, 0.1) is 0 Å². The Balaban J connectivity index is 2.04. The van der Waals surface area contributed by atoms with Crippen LogP contribution in [0.5, 0.6) is 11.5 Å². The number of aromatic hydroxyl groups is 1. The Bertz CT molecular complexity index is 772. The van der Waals surface area contributed by atoms with Gasteiger partial charge in [-0.2, -0.15) is 0 Å². The van der Waals surface area contributed by atoms with Crippen molar-refractivity contribution in [3.8, 4) is 22.6 Å². The summed E-state index contributed by atoms with van der Waals surface area (Å²) in [7, 11) is 3.74. The quantitative estimate of drug-likeness (QED) is 0.868. The molecule has 1 aliphatic carbocycles. The first-order valence-corrected chi connectivity index (χ1v) is 7.90. The maximum absolute atomic E-state index is 10.6. The fraction of sp³-hybridized carbons (Fsp3) is 0.333. The average molecular weight is 316 g/mol. The first-order chi connectivity index (χ1) is 10.6. The molecule has 3 nitrogen and oxygen atoms in total. The van der Waals surface area contributed by atoms with Crippen LogP contribution in [0.15, 0.2) is 24.3 Å². The molecule has 114 valence electrons. The minimum Gasteiger partial charge on any atom is -0.504 e. The van der Waals surface area contributed by atoms with Crippen LogP contribution in [0.2, 0.25) is 5.02 Å². The van der Waals surface area contributed by atoms with E-state index in [0.29, 0.717) is 11.8 Å². The summed E-state index contributed by atoms with van der Waals surface area (Å²) in [5.41, 5.74) is 5.66. The molecule has 1 aliphatic heterocycles. The van der Waals surface area contributed by atoms with Gasteiger partial charge in [0.15, 0.2) is 11.5 Å². The van der Waals surface area contributed by atoms with Crippen molar-refractivity contribution < 1.29 is 9.84 Å². The Kier molecular flexibility index (Phi) is 3.10. The van der Waals surface area contributed by atoms with Crippen LogP contribution in [0.3, 0.4) is 0 Å². The van der Waals surface area contributed by atoms with E-state index in [1.165, 1.54) is 11.1 Å². The van der Waals surface area contributed by atoms with Gasteiger partial charge >= 0.3 is 0 Å². The number of hydrogen-bond donors (Lipinski definition) is 1. The Morgan fingerprint density at radius 3 is 2.86 bits per heavy atom. The molecule has 0 unspecified atom stereocenters. The number of benzene rings is 2. The zero-order chi connectivity index (χ0) is 15.4. The van der Waals surface area contributed by atoms with Gasteiger partial charge in [0, 0.05) is 23.2 Å². The smallest absolute Gasteiger partial charge is 0.165 e. The summed E-state index contributed by atoms with van der Waals surface area (Å²) in [6.07, 6.45) is 1.85. The molecule has 2 aromatic rings. The molecule has 2 aliphatic rings. The number of fused-ring (bicyclic) bond motifs is 2. The zero-order valence-corrected chi connectivity index (χ0v) is 13.4. The second-order valence-electron chi connectivity index (χ2n) is 6.09. The molecule has 0 aromatic heterocycles. The molecule has 0 bridgehead atoms. The van der Waals surface area contributed by atoms with E-state index >= 15 is 0 Å². The summed E-state index contributed by atoms with van der Waals surface area (Å²) in [5, 5.41) is 11.4. The SMILES string of the molecule is COc1ccc2c(c1O)-c1ccc(Cl)c3c1[C@@H](C2)N(C)CC3. The summed E-state index contributed by atoms with van der Waals surface area (Å²) in [6, 6.07) is 8.22. The van der Waals surface area contributed by atoms with Gasteiger partial charge in [-0.05, 0) is 54.3 Å². The molecule has 4 rings (SSSR count). The lowest BCUT2D eigenvalue weighted by atomic mass is 9.77. The van der Waals surface area contributed by atoms with Gasteiger partial charge in [0.25, 0.3) is 0 Å². The first kappa shape index (κ1) is 13.9. The lowest BCUT2D eigenvalue weighted by Crippen LogP contribution is -2.35. The van der Waals surface area contributed by atoms with Crippen molar-refractivity contribution in [1.82, 2.24) is 4.90 Å². The Morgan fingerprint density at radius 2 is 2.09 bits per heavy atom. The van der Waals surface area contributed by atoms with Crippen LogP contribution in [0.4, 0.5) is 0 Å². The van der Waals surface area contributed by atoms with Crippen LogP contribution >= 0.6 is 11.6 Å². The highest BCUT2D eigenvalue weighted by molar-refractivity contribution is 6.31. The van der Waals surface area contributed by atoms with Gasteiger partial charge < -0.3 is 9.84 Å². The molecule has 1 atom stereocenters. The van der Waals surface area contributed by atoms with Crippen molar-refractivity contribution in [1.29, 1.82) is 0 Å².